The zero-order chi connectivity index (χ0) is 22.8. The summed E-state index contributed by atoms with van der Waals surface area (Å²) in [5, 5.41) is 9.79. The van der Waals surface area contributed by atoms with Crippen LogP contribution in [0.2, 0.25) is 0 Å². The molecule has 0 aliphatic carbocycles. The monoisotopic (exact) mass is 445 g/mol. The fraction of sp³-hybridized carbons (Fsp3) is 0.286. The van der Waals surface area contributed by atoms with Crippen molar-refractivity contribution in [3.05, 3.63) is 54.2 Å². The van der Waals surface area contributed by atoms with E-state index in [0.717, 1.165) is 5.56 Å². The van der Waals surface area contributed by atoms with Gasteiger partial charge in [-0.05, 0) is 57.0 Å². The molecule has 164 valence electrons. The molecule has 0 atom stereocenters. The highest BCUT2D eigenvalue weighted by Crippen LogP contribution is 2.29. The summed E-state index contributed by atoms with van der Waals surface area (Å²) in [6.07, 6.45) is 3.03. The largest absolute Gasteiger partial charge is 0.390 e. The van der Waals surface area contributed by atoms with E-state index in [2.05, 4.69) is 19.7 Å². The van der Waals surface area contributed by atoms with Crippen molar-refractivity contribution >= 4 is 15.8 Å². The molecule has 31 heavy (non-hydrogen) atoms. The Hall–Kier alpha value is -2.95. The summed E-state index contributed by atoms with van der Waals surface area (Å²) >= 11 is 0. The van der Waals surface area contributed by atoms with Crippen molar-refractivity contribution in [2.75, 3.05) is 12.3 Å². The van der Waals surface area contributed by atoms with E-state index < -0.39 is 21.6 Å². The number of rotatable bonds is 7. The van der Waals surface area contributed by atoms with Crippen LogP contribution in [0.25, 0.3) is 22.5 Å². The van der Waals surface area contributed by atoms with E-state index in [1.807, 2.05) is 6.92 Å². The van der Waals surface area contributed by atoms with Gasteiger partial charge in [-0.1, -0.05) is 6.07 Å². The zero-order valence-electron chi connectivity index (χ0n) is 17.4. The second-order valence-corrected chi connectivity index (χ2v) is 9.56. The zero-order valence-corrected chi connectivity index (χ0v) is 18.2. The van der Waals surface area contributed by atoms with Crippen LogP contribution in [0.3, 0.4) is 0 Å². The summed E-state index contributed by atoms with van der Waals surface area (Å²) in [4.78, 5) is 12.4. The van der Waals surface area contributed by atoms with Gasteiger partial charge in [0.15, 0.2) is 0 Å². The SMILES string of the molecule is Cc1ccc(S(=O)(=O)NCCC(C)(C)O)cc1-c1cnc(N)c(-c2ccc(F)nc2)n1. The Labute approximate surface area is 180 Å². The van der Waals surface area contributed by atoms with Crippen LogP contribution in [0.5, 0.6) is 0 Å². The number of nitrogens with one attached hydrogen (secondary N) is 1. The van der Waals surface area contributed by atoms with E-state index in [4.69, 9.17) is 5.73 Å². The van der Waals surface area contributed by atoms with Gasteiger partial charge in [-0.3, -0.25) is 0 Å². The molecule has 0 unspecified atom stereocenters. The van der Waals surface area contributed by atoms with E-state index in [9.17, 15) is 17.9 Å². The lowest BCUT2D eigenvalue weighted by Crippen LogP contribution is -2.30. The van der Waals surface area contributed by atoms with Crippen molar-refractivity contribution in [1.29, 1.82) is 0 Å². The van der Waals surface area contributed by atoms with Crippen molar-refractivity contribution in [3.8, 4) is 22.5 Å². The van der Waals surface area contributed by atoms with Gasteiger partial charge in [0.2, 0.25) is 16.0 Å². The third kappa shape index (κ3) is 5.60. The maximum atomic E-state index is 13.2. The normalized spacial score (nSPS) is 12.2. The molecule has 0 spiro atoms. The van der Waals surface area contributed by atoms with E-state index in [1.54, 1.807) is 19.9 Å². The maximum absolute atomic E-state index is 13.2. The minimum atomic E-state index is -3.79. The Kier molecular flexibility index (Phi) is 6.35. The van der Waals surface area contributed by atoms with Crippen LogP contribution in [0, 0.1) is 12.9 Å². The number of aryl methyl sites for hydroxylation is 1. The van der Waals surface area contributed by atoms with Crippen LogP contribution in [-0.4, -0.2) is 40.6 Å². The number of nitrogens with two attached hydrogens (primary N) is 1. The molecular formula is C21H24FN5O3S. The molecule has 1 aromatic carbocycles. The number of aliphatic hydroxyl groups is 1. The van der Waals surface area contributed by atoms with E-state index in [1.165, 1.54) is 36.7 Å². The predicted octanol–water partition coefficient (Wildman–Crippen LogP) is 2.67. The first-order valence-corrected chi connectivity index (χ1v) is 11.0. The lowest BCUT2D eigenvalue weighted by molar-refractivity contribution is 0.0728. The number of sulfonamides is 1. The van der Waals surface area contributed by atoms with Crippen LogP contribution in [0.1, 0.15) is 25.8 Å². The van der Waals surface area contributed by atoms with Gasteiger partial charge >= 0.3 is 0 Å². The van der Waals surface area contributed by atoms with E-state index in [-0.39, 0.29) is 23.7 Å². The second-order valence-electron chi connectivity index (χ2n) is 7.80. The van der Waals surface area contributed by atoms with Crippen LogP contribution in [0.4, 0.5) is 10.2 Å². The van der Waals surface area contributed by atoms with Crippen molar-refractivity contribution < 1.29 is 17.9 Å². The maximum Gasteiger partial charge on any atom is 0.240 e. The summed E-state index contributed by atoms with van der Waals surface area (Å²) in [5.74, 6) is -0.482. The molecule has 0 radical (unpaired) electrons. The molecule has 2 heterocycles. The molecule has 0 aliphatic rings. The first-order chi connectivity index (χ1) is 14.5. The molecule has 3 aromatic rings. The Morgan fingerprint density at radius 3 is 2.55 bits per heavy atom. The summed E-state index contributed by atoms with van der Waals surface area (Å²) in [5.41, 5.74) is 7.54. The van der Waals surface area contributed by atoms with Crippen molar-refractivity contribution in [1.82, 2.24) is 19.7 Å². The topological polar surface area (TPSA) is 131 Å². The smallest absolute Gasteiger partial charge is 0.240 e. The second kappa shape index (κ2) is 8.66. The number of anilines is 1. The van der Waals surface area contributed by atoms with Crippen molar-refractivity contribution in [2.45, 2.75) is 37.7 Å². The van der Waals surface area contributed by atoms with Gasteiger partial charge in [0.1, 0.15) is 11.5 Å². The number of benzene rings is 1. The first kappa shape index (κ1) is 22.7. The number of nitrogens with zero attached hydrogens (tertiary/aromatic N) is 3. The molecule has 8 nitrogen and oxygen atoms in total. The highest BCUT2D eigenvalue weighted by Gasteiger charge is 2.19. The number of hydrogen-bond acceptors (Lipinski definition) is 7. The Morgan fingerprint density at radius 2 is 1.90 bits per heavy atom. The van der Waals surface area contributed by atoms with Gasteiger partial charge in [-0.25, -0.2) is 28.1 Å². The Morgan fingerprint density at radius 1 is 1.16 bits per heavy atom. The third-order valence-electron chi connectivity index (χ3n) is 4.63. The fourth-order valence-corrected chi connectivity index (χ4v) is 3.93. The van der Waals surface area contributed by atoms with E-state index >= 15 is 0 Å². The Balaban J connectivity index is 1.97. The van der Waals surface area contributed by atoms with Gasteiger partial charge in [0.05, 0.1) is 22.4 Å². The highest BCUT2D eigenvalue weighted by atomic mass is 32.2. The van der Waals surface area contributed by atoms with Gasteiger partial charge in [0.25, 0.3) is 0 Å². The van der Waals surface area contributed by atoms with Crippen LogP contribution in [-0.2, 0) is 10.0 Å². The number of nitrogen functional groups attached to an aromatic ring is 1. The first-order valence-electron chi connectivity index (χ1n) is 9.54. The van der Waals surface area contributed by atoms with Gasteiger partial charge in [-0.15, -0.1) is 0 Å². The number of pyridine rings is 1. The van der Waals surface area contributed by atoms with E-state index in [0.29, 0.717) is 22.5 Å². The minimum absolute atomic E-state index is 0.0625. The van der Waals surface area contributed by atoms with Crippen LogP contribution in [0.15, 0.2) is 47.6 Å². The molecule has 0 fully saturated rings. The molecule has 10 heteroatoms. The van der Waals surface area contributed by atoms with Gasteiger partial charge < -0.3 is 10.8 Å². The fourth-order valence-electron chi connectivity index (χ4n) is 2.88. The molecule has 0 bridgehead atoms. The molecule has 4 N–H and O–H groups in total. The molecule has 0 saturated heterocycles. The summed E-state index contributed by atoms with van der Waals surface area (Å²) < 4.78 is 41.0. The molecule has 0 amide bonds. The summed E-state index contributed by atoms with van der Waals surface area (Å²) in [6, 6.07) is 7.38. The van der Waals surface area contributed by atoms with Crippen molar-refractivity contribution in [3.63, 3.8) is 0 Å². The highest BCUT2D eigenvalue weighted by molar-refractivity contribution is 7.89. The molecule has 3 rings (SSSR count). The molecule has 0 saturated carbocycles. The minimum Gasteiger partial charge on any atom is -0.390 e. The standard InChI is InChI=1S/C21H24FN5O3S/c1-13-4-6-15(31(29,30)26-9-8-21(2,3)28)10-16(13)17-12-25-20(23)19(27-17)14-5-7-18(22)24-11-14/h4-7,10-12,26,28H,8-9H2,1-3H3,(H2,23,25). The van der Waals surface area contributed by atoms with Crippen molar-refractivity contribution in [2.24, 2.45) is 0 Å². The number of hydrogen-bond donors (Lipinski definition) is 3. The number of halogens is 1. The lowest BCUT2D eigenvalue weighted by atomic mass is 10.1. The average Bonchev–Trinajstić information content (AvgIpc) is 2.68. The summed E-state index contributed by atoms with van der Waals surface area (Å²) in [7, 11) is -3.79. The molecule has 2 aromatic heterocycles. The molecular weight excluding hydrogens is 421 g/mol. The molecule has 0 aliphatic heterocycles. The van der Waals surface area contributed by atoms with Gasteiger partial charge in [0, 0.05) is 23.9 Å². The van der Waals surface area contributed by atoms with Crippen LogP contribution < -0.4 is 10.5 Å². The van der Waals surface area contributed by atoms with Crippen LogP contribution >= 0.6 is 0 Å². The quantitative estimate of drug-likeness (QED) is 0.477. The van der Waals surface area contributed by atoms with Gasteiger partial charge in [-0.2, -0.15) is 4.39 Å². The summed E-state index contributed by atoms with van der Waals surface area (Å²) in [6.45, 7) is 5.14. The number of aromatic nitrogens is 3. The Bertz CT molecular complexity index is 1190. The third-order valence-corrected chi connectivity index (χ3v) is 6.08. The predicted molar refractivity (Wildman–Crippen MR) is 116 cm³/mol. The lowest BCUT2D eigenvalue weighted by Gasteiger charge is -2.17. The average molecular weight is 446 g/mol.